The van der Waals surface area contributed by atoms with Gasteiger partial charge < -0.3 is 21.3 Å². The molecule has 29 heavy (non-hydrogen) atoms. The average Bonchev–Trinajstić information content (AvgIpc) is 3.13. The highest BCUT2D eigenvalue weighted by Gasteiger charge is 2.15. The Kier molecular flexibility index (Phi) is 6.22. The lowest BCUT2D eigenvalue weighted by Gasteiger charge is -2.08. The second-order valence-electron chi connectivity index (χ2n) is 6.43. The minimum atomic E-state index is -0.857. The SMILES string of the molecule is CCc1nc(N)nc(N)c1-c1cn(CCCOc2ccc(CC(=O)O)cc2)nn1. The predicted molar refractivity (Wildman–Crippen MR) is 107 cm³/mol. The fourth-order valence-corrected chi connectivity index (χ4v) is 2.90. The average molecular weight is 397 g/mol. The van der Waals surface area contributed by atoms with Crippen molar-refractivity contribution in [2.24, 2.45) is 0 Å². The lowest BCUT2D eigenvalue weighted by molar-refractivity contribution is -0.136. The summed E-state index contributed by atoms with van der Waals surface area (Å²) in [7, 11) is 0. The summed E-state index contributed by atoms with van der Waals surface area (Å²) < 4.78 is 7.40. The van der Waals surface area contributed by atoms with Gasteiger partial charge in [-0.25, -0.2) is 4.98 Å². The number of carboxylic acid groups (broad SMARTS) is 1. The van der Waals surface area contributed by atoms with Gasteiger partial charge in [0.15, 0.2) is 0 Å². The van der Waals surface area contributed by atoms with Crippen molar-refractivity contribution in [3.05, 3.63) is 41.7 Å². The Morgan fingerprint density at radius 3 is 2.66 bits per heavy atom. The maximum absolute atomic E-state index is 10.7. The molecule has 0 aliphatic rings. The molecule has 0 spiro atoms. The molecule has 0 aliphatic heterocycles. The van der Waals surface area contributed by atoms with Crippen LogP contribution in [0.2, 0.25) is 0 Å². The van der Waals surface area contributed by atoms with Gasteiger partial charge in [-0.15, -0.1) is 5.10 Å². The Hall–Kier alpha value is -3.69. The van der Waals surface area contributed by atoms with E-state index in [0.717, 1.165) is 11.3 Å². The Morgan fingerprint density at radius 2 is 1.97 bits per heavy atom. The molecule has 1 aromatic carbocycles. The van der Waals surface area contributed by atoms with Crippen molar-refractivity contribution in [3.63, 3.8) is 0 Å². The zero-order valence-electron chi connectivity index (χ0n) is 16.1. The fraction of sp³-hybridized carbons (Fsp3) is 0.316. The van der Waals surface area contributed by atoms with Crippen molar-refractivity contribution < 1.29 is 14.6 Å². The molecule has 2 aromatic heterocycles. The molecule has 0 amide bonds. The third kappa shape index (κ3) is 5.18. The quantitative estimate of drug-likeness (QED) is 0.456. The van der Waals surface area contributed by atoms with Crippen LogP contribution in [0.1, 0.15) is 24.6 Å². The maximum atomic E-state index is 10.7. The van der Waals surface area contributed by atoms with Gasteiger partial charge in [-0.05, 0) is 24.1 Å². The fourth-order valence-electron chi connectivity index (χ4n) is 2.90. The highest BCUT2D eigenvalue weighted by molar-refractivity contribution is 5.73. The van der Waals surface area contributed by atoms with Gasteiger partial charge in [0, 0.05) is 13.0 Å². The Morgan fingerprint density at radius 1 is 1.21 bits per heavy atom. The van der Waals surface area contributed by atoms with Crippen LogP contribution in [0.25, 0.3) is 11.3 Å². The smallest absolute Gasteiger partial charge is 0.307 e. The Bertz CT molecular complexity index is 986. The normalized spacial score (nSPS) is 10.8. The molecule has 0 atom stereocenters. The van der Waals surface area contributed by atoms with Crippen LogP contribution in [0.4, 0.5) is 11.8 Å². The Balaban J connectivity index is 1.54. The van der Waals surface area contributed by atoms with Crippen molar-refractivity contribution in [2.45, 2.75) is 32.7 Å². The first-order chi connectivity index (χ1) is 14.0. The van der Waals surface area contributed by atoms with E-state index in [0.29, 0.717) is 43.0 Å². The number of aryl methyl sites for hydroxylation is 2. The monoisotopic (exact) mass is 397 g/mol. The summed E-state index contributed by atoms with van der Waals surface area (Å²) in [6, 6.07) is 7.03. The molecular weight excluding hydrogens is 374 g/mol. The van der Waals surface area contributed by atoms with Crippen molar-refractivity contribution in [3.8, 4) is 17.0 Å². The van der Waals surface area contributed by atoms with E-state index in [4.69, 9.17) is 21.3 Å². The Labute approximate surface area is 167 Å². The number of ether oxygens (including phenoxy) is 1. The number of aliphatic carboxylic acids is 1. The number of nitrogens with two attached hydrogens (primary N) is 2. The molecule has 3 rings (SSSR count). The molecule has 0 unspecified atom stereocenters. The molecule has 0 fully saturated rings. The van der Waals surface area contributed by atoms with E-state index in [-0.39, 0.29) is 18.2 Å². The first kappa shape index (κ1) is 20.1. The lowest BCUT2D eigenvalue weighted by Crippen LogP contribution is -2.06. The van der Waals surface area contributed by atoms with Crippen LogP contribution in [0.5, 0.6) is 5.75 Å². The topological polar surface area (TPSA) is 155 Å². The van der Waals surface area contributed by atoms with Gasteiger partial charge in [0.1, 0.15) is 17.3 Å². The molecule has 10 heteroatoms. The molecule has 0 bridgehead atoms. The molecule has 0 aliphatic carbocycles. The lowest BCUT2D eigenvalue weighted by atomic mass is 10.1. The second kappa shape index (κ2) is 9.00. The summed E-state index contributed by atoms with van der Waals surface area (Å²) in [6.45, 7) is 3.06. The van der Waals surface area contributed by atoms with Crippen LogP contribution >= 0.6 is 0 Å². The molecule has 0 saturated heterocycles. The molecule has 2 heterocycles. The summed E-state index contributed by atoms with van der Waals surface area (Å²) in [5.74, 6) is 0.265. The van der Waals surface area contributed by atoms with Gasteiger partial charge >= 0.3 is 5.97 Å². The molecule has 152 valence electrons. The maximum Gasteiger partial charge on any atom is 0.307 e. The number of hydrogen-bond donors (Lipinski definition) is 3. The predicted octanol–water partition coefficient (Wildman–Crippen LogP) is 1.56. The first-order valence-electron chi connectivity index (χ1n) is 9.22. The number of hydrogen-bond acceptors (Lipinski definition) is 8. The zero-order valence-corrected chi connectivity index (χ0v) is 16.1. The minimum absolute atomic E-state index is 0.00177. The summed E-state index contributed by atoms with van der Waals surface area (Å²) in [6.07, 6.45) is 3.16. The van der Waals surface area contributed by atoms with Gasteiger partial charge in [-0.2, -0.15) is 4.98 Å². The molecular formula is C19H23N7O3. The van der Waals surface area contributed by atoms with E-state index in [1.54, 1.807) is 35.1 Å². The van der Waals surface area contributed by atoms with Gasteiger partial charge in [0.25, 0.3) is 0 Å². The number of carboxylic acids is 1. The molecule has 3 aromatic rings. The number of benzene rings is 1. The second-order valence-corrected chi connectivity index (χ2v) is 6.43. The van der Waals surface area contributed by atoms with E-state index >= 15 is 0 Å². The number of aromatic nitrogens is 5. The third-order valence-electron chi connectivity index (χ3n) is 4.24. The summed E-state index contributed by atoms with van der Waals surface area (Å²) in [4.78, 5) is 18.9. The van der Waals surface area contributed by atoms with Crippen molar-refractivity contribution in [2.75, 3.05) is 18.1 Å². The van der Waals surface area contributed by atoms with Gasteiger partial charge in [0.2, 0.25) is 5.95 Å². The number of nitrogen functional groups attached to an aromatic ring is 2. The number of rotatable bonds is 9. The van der Waals surface area contributed by atoms with Crippen LogP contribution < -0.4 is 16.2 Å². The van der Waals surface area contributed by atoms with Gasteiger partial charge in [-0.3, -0.25) is 9.48 Å². The number of anilines is 2. The zero-order chi connectivity index (χ0) is 20.8. The van der Waals surface area contributed by atoms with E-state index < -0.39 is 5.97 Å². The largest absolute Gasteiger partial charge is 0.494 e. The summed E-state index contributed by atoms with van der Waals surface area (Å²) in [5, 5.41) is 17.1. The van der Waals surface area contributed by atoms with E-state index in [1.165, 1.54) is 0 Å². The highest BCUT2D eigenvalue weighted by Crippen LogP contribution is 2.26. The van der Waals surface area contributed by atoms with Gasteiger partial charge in [0.05, 0.1) is 30.5 Å². The summed E-state index contributed by atoms with van der Waals surface area (Å²) in [5.41, 5.74) is 14.4. The van der Waals surface area contributed by atoms with Crippen molar-refractivity contribution >= 4 is 17.7 Å². The van der Waals surface area contributed by atoms with Crippen molar-refractivity contribution in [1.29, 1.82) is 0 Å². The number of nitrogens with zero attached hydrogens (tertiary/aromatic N) is 5. The van der Waals surface area contributed by atoms with Crippen LogP contribution in [-0.2, 0) is 24.2 Å². The van der Waals surface area contributed by atoms with Crippen molar-refractivity contribution in [1.82, 2.24) is 25.0 Å². The summed E-state index contributed by atoms with van der Waals surface area (Å²) >= 11 is 0. The minimum Gasteiger partial charge on any atom is -0.494 e. The van der Waals surface area contributed by atoms with Crippen LogP contribution in [0.3, 0.4) is 0 Å². The first-order valence-corrected chi connectivity index (χ1v) is 9.22. The van der Waals surface area contributed by atoms with Crippen LogP contribution in [0.15, 0.2) is 30.5 Å². The highest BCUT2D eigenvalue weighted by atomic mass is 16.5. The number of carbonyl (C=O) groups is 1. The van der Waals surface area contributed by atoms with Crippen LogP contribution in [0, 0.1) is 0 Å². The molecule has 5 N–H and O–H groups in total. The molecule has 0 saturated carbocycles. The van der Waals surface area contributed by atoms with E-state index in [2.05, 4.69) is 20.3 Å². The van der Waals surface area contributed by atoms with Gasteiger partial charge in [-0.1, -0.05) is 24.3 Å². The third-order valence-corrected chi connectivity index (χ3v) is 4.24. The molecule has 0 radical (unpaired) electrons. The van der Waals surface area contributed by atoms with E-state index in [9.17, 15) is 4.79 Å². The van der Waals surface area contributed by atoms with Crippen LogP contribution in [-0.4, -0.2) is 42.6 Å². The standard InChI is InChI=1S/C19H23N7O3/c1-2-14-17(18(20)23-19(21)22-14)15-11-26(25-24-15)8-3-9-29-13-6-4-12(5-7-13)10-16(27)28/h4-7,11H,2-3,8-10H2,1H3,(H,27,28)(H4,20,21,22,23). The molecule has 10 nitrogen and oxygen atoms in total. The van der Waals surface area contributed by atoms with E-state index in [1.807, 2.05) is 6.92 Å².